The third-order valence-corrected chi connectivity index (χ3v) is 6.75. The van der Waals surface area contributed by atoms with Crippen LogP contribution in [0.4, 0.5) is 0 Å². The van der Waals surface area contributed by atoms with Crippen molar-refractivity contribution in [2.45, 2.75) is 31.1 Å². The van der Waals surface area contributed by atoms with Gasteiger partial charge in [-0.05, 0) is 30.0 Å². The van der Waals surface area contributed by atoms with Crippen LogP contribution in [0.15, 0.2) is 41.8 Å². The number of piperazine rings is 1. The van der Waals surface area contributed by atoms with E-state index in [1.807, 2.05) is 17.0 Å². The molecule has 1 aliphatic rings. The van der Waals surface area contributed by atoms with Gasteiger partial charge < -0.3 is 5.32 Å². The van der Waals surface area contributed by atoms with Crippen molar-refractivity contribution in [3.8, 4) is 0 Å². The average molecular weight is 380 g/mol. The van der Waals surface area contributed by atoms with E-state index >= 15 is 0 Å². The summed E-state index contributed by atoms with van der Waals surface area (Å²) >= 11 is 0. The summed E-state index contributed by atoms with van der Waals surface area (Å²) in [5, 5.41) is 2.74. The minimum Gasteiger partial charge on any atom is -0.352 e. The highest BCUT2D eigenvalue weighted by atomic mass is 32.2. The third-order valence-electron chi connectivity index (χ3n) is 4.84. The van der Waals surface area contributed by atoms with E-state index in [1.54, 1.807) is 18.2 Å². The van der Waals surface area contributed by atoms with E-state index in [0.717, 1.165) is 12.0 Å². The lowest BCUT2D eigenvalue weighted by molar-refractivity contribution is -0.122. The van der Waals surface area contributed by atoms with E-state index in [4.69, 9.17) is 0 Å². The zero-order chi connectivity index (χ0) is 19.2. The number of amides is 1. The fourth-order valence-corrected chi connectivity index (χ4v) is 4.35. The topological polar surface area (TPSA) is 69.7 Å². The highest BCUT2D eigenvalue weighted by Crippen LogP contribution is 2.23. The van der Waals surface area contributed by atoms with Gasteiger partial charge in [0.05, 0.1) is 11.4 Å². The van der Waals surface area contributed by atoms with Crippen molar-refractivity contribution in [2.24, 2.45) is 0 Å². The predicted molar refractivity (Wildman–Crippen MR) is 104 cm³/mol. The van der Waals surface area contributed by atoms with Crippen molar-refractivity contribution in [1.82, 2.24) is 14.5 Å². The Morgan fingerprint density at radius 2 is 1.85 bits per heavy atom. The third kappa shape index (κ3) is 5.16. The van der Waals surface area contributed by atoms with Crippen LogP contribution in [-0.2, 0) is 14.8 Å². The van der Waals surface area contributed by atoms with Crippen LogP contribution in [0.2, 0.25) is 0 Å². The van der Waals surface area contributed by atoms with Crippen molar-refractivity contribution >= 4 is 15.9 Å². The maximum atomic E-state index is 12.8. The van der Waals surface area contributed by atoms with Crippen LogP contribution in [0.1, 0.15) is 31.7 Å². The molecule has 0 unspecified atom stereocenters. The van der Waals surface area contributed by atoms with Gasteiger partial charge >= 0.3 is 0 Å². The number of benzene rings is 1. The molecule has 2 rings (SSSR count). The van der Waals surface area contributed by atoms with Crippen LogP contribution < -0.4 is 5.32 Å². The molecule has 1 heterocycles. The second-order valence-electron chi connectivity index (χ2n) is 6.65. The van der Waals surface area contributed by atoms with E-state index in [1.165, 1.54) is 4.31 Å². The molecule has 0 radical (unpaired) electrons. The van der Waals surface area contributed by atoms with E-state index < -0.39 is 10.0 Å². The minimum absolute atomic E-state index is 0.0677. The van der Waals surface area contributed by atoms with Gasteiger partial charge in [0.15, 0.2) is 0 Å². The lowest BCUT2D eigenvalue weighted by atomic mass is 9.99. The molecular formula is C19H29N3O3S. The number of hydrogen-bond donors (Lipinski definition) is 1. The molecule has 7 heteroatoms. The summed E-state index contributed by atoms with van der Waals surface area (Å²) < 4.78 is 27.2. The zero-order valence-electron chi connectivity index (χ0n) is 15.6. The Kier molecular flexibility index (Phi) is 7.37. The fourth-order valence-electron chi connectivity index (χ4n) is 2.93. The van der Waals surface area contributed by atoms with Crippen molar-refractivity contribution in [3.63, 3.8) is 0 Å². The first-order chi connectivity index (χ1) is 12.4. The van der Waals surface area contributed by atoms with Crippen LogP contribution >= 0.6 is 0 Å². The van der Waals surface area contributed by atoms with Crippen LogP contribution in [0, 0.1) is 0 Å². The first-order valence-electron chi connectivity index (χ1n) is 9.08. The first-order valence-corrected chi connectivity index (χ1v) is 10.5. The fraction of sp³-hybridized carbons (Fsp3) is 0.526. The summed E-state index contributed by atoms with van der Waals surface area (Å²) in [6.07, 6.45) is 2.66. The summed E-state index contributed by atoms with van der Waals surface area (Å²) in [4.78, 5) is 14.1. The van der Waals surface area contributed by atoms with E-state index in [-0.39, 0.29) is 12.5 Å². The molecule has 1 amide bonds. The number of carbonyl (C=O) groups excluding carboxylic acids is 1. The summed E-state index contributed by atoms with van der Waals surface area (Å²) in [5.41, 5.74) is 1.15. The van der Waals surface area contributed by atoms with Gasteiger partial charge in [-0.2, -0.15) is 4.31 Å². The predicted octanol–water partition coefficient (Wildman–Crippen LogP) is 1.81. The van der Waals surface area contributed by atoms with E-state index in [0.29, 0.717) is 43.5 Å². The molecule has 0 aromatic heterocycles. The number of sulfonamides is 1. The van der Waals surface area contributed by atoms with Gasteiger partial charge in [0.1, 0.15) is 0 Å². The Morgan fingerprint density at radius 3 is 2.38 bits per heavy atom. The van der Waals surface area contributed by atoms with Crippen molar-refractivity contribution in [2.75, 3.05) is 39.3 Å². The molecule has 6 nitrogen and oxygen atoms in total. The monoisotopic (exact) mass is 379 g/mol. The lowest BCUT2D eigenvalue weighted by Crippen LogP contribution is -2.51. The number of rotatable bonds is 8. The Hall–Kier alpha value is -1.70. The molecule has 1 saturated heterocycles. The van der Waals surface area contributed by atoms with Gasteiger partial charge in [0, 0.05) is 32.7 Å². The van der Waals surface area contributed by atoms with Crippen molar-refractivity contribution in [1.29, 1.82) is 0 Å². The molecule has 26 heavy (non-hydrogen) atoms. The summed E-state index contributed by atoms with van der Waals surface area (Å²) in [6.45, 7) is 10.4. The largest absolute Gasteiger partial charge is 0.352 e. The van der Waals surface area contributed by atoms with E-state index in [2.05, 4.69) is 25.7 Å². The maximum Gasteiger partial charge on any atom is 0.243 e. The molecular weight excluding hydrogens is 350 g/mol. The SMILES string of the molecule is C=CCNC(=O)CN1CCN(S(=O)(=O)c2ccc([C@H](C)CC)cc2)CC1. The normalized spacial score (nSPS) is 17.6. The molecule has 1 fully saturated rings. The quantitative estimate of drug-likeness (QED) is 0.700. The Bertz CT molecular complexity index is 708. The van der Waals surface area contributed by atoms with Crippen molar-refractivity contribution < 1.29 is 13.2 Å². The highest BCUT2D eigenvalue weighted by molar-refractivity contribution is 7.89. The van der Waals surface area contributed by atoms with Crippen LogP contribution in [-0.4, -0.2) is 62.8 Å². The van der Waals surface area contributed by atoms with Gasteiger partial charge in [0.25, 0.3) is 0 Å². The Balaban J connectivity index is 1.95. The Labute approximate surface area is 156 Å². The number of nitrogens with one attached hydrogen (secondary N) is 1. The van der Waals surface area contributed by atoms with Gasteiger partial charge in [0.2, 0.25) is 15.9 Å². The molecule has 0 aliphatic carbocycles. The van der Waals surface area contributed by atoms with Gasteiger partial charge in [-0.3, -0.25) is 9.69 Å². The lowest BCUT2D eigenvalue weighted by Gasteiger charge is -2.33. The van der Waals surface area contributed by atoms with Gasteiger partial charge in [-0.15, -0.1) is 6.58 Å². The molecule has 0 spiro atoms. The molecule has 1 aliphatic heterocycles. The van der Waals surface area contributed by atoms with Crippen molar-refractivity contribution in [3.05, 3.63) is 42.5 Å². The zero-order valence-corrected chi connectivity index (χ0v) is 16.5. The van der Waals surface area contributed by atoms with Crippen LogP contribution in [0.5, 0.6) is 0 Å². The van der Waals surface area contributed by atoms with E-state index in [9.17, 15) is 13.2 Å². The second kappa shape index (κ2) is 9.30. The maximum absolute atomic E-state index is 12.8. The minimum atomic E-state index is -3.48. The first kappa shape index (κ1) is 20.6. The molecule has 0 saturated carbocycles. The Morgan fingerprint density at radius 1 is 1.23 bits per heavy atom. The smallest absolute Gasteiger partial charge is 0.243 e. The average Bonchev–Trinajstić information content (AvgIpc) is 2.66. The molecule has 1 N–H and O–H groups in total. The molecule has 144 valence electrons. The number of hydrogen-bond acceptors (Lipinski definition) is 4. The van der Waals surface area contributed by atoms with Gasteiger partial charge in [-0.25, -0.2) is 8.42 Å². The number of carbonyl (C=O) groups is 1. The van der Waals surface area contributed by atoms with Crippen LogP contribution in [0.3, 0.4) is 0 Å². The molecule has 1 atom stereocenters. The summed E-state index contributed by atoms with van der Waals surface area (Å²) in [6, 6.07) is 7.21. The van der Waals surface area contributed by atoms with Crippen LogP contribution in [0.25, 0.3) is 0 Å². The number of nitrogens with zero attached hydrogens (tertiary/aromatic N) is 2. The molecule has 0 bridgehead atoms. The molecule has 1 aromatic carbocycles. The summed E-state index contributed by atoms with van der Waals surface area (Å²) in [5.74, 6) is 0.351. The summed E-state index contributed by atoms with van der Waals surface area (Å²) in [7, 11) is -3.48. The molecule has 1 aromatic rings. The van der Waals surface area contributed by atoms with Gasteiger partial charge in [-0.1, -0.05) is 32.1 Å². The highest BCUT2D eigenvalue weighted by Gasteiger charge is 2.29. The standard InChI is InChI=1S/C19H29N3O3S/c1-4-10-20-19(23)15-21-11-13-22(14-12-21)26(24,25)18-8-6-17(7-9-18)16(3)5-2/h4,6-9,16H,1,5,10-15H2,2-3H3,(H,20,23)/t16-/m1/s1. The second-order valence-corrected chi connectivity index (χ2v) is 8.59.